The largest absolute Gasteiger partial charge is 0.376 e. The summed E-state index contributed by atoms with van der Waals surface area (Å²) in [5.41, 5.74) is 7.96. The van der Waals surface area contributed by atoms with Crippen molar-refractivity contribution in [2.45, 2.75) is 6.92 Å². The summed E-state index contributed by atoms with van der Waals surface area (Å²) in [6.07, 6.45) is 0. The normalized spacial score (nSPS) is 10.2. The van der Waals surface area contributed by atoms with Gasteiger partial charge < -0.3 is 21.3 Å². The third-order valence-electron chi connectivity index (χ3n) is 2.24. The average molecular weight is 266 g/mol. The minimum Gasteiger partial charge on any atom is -0.376 e. The molecule has 1 aromatic carbocycles. The summed E-state index contributed by atoms with van der Waals surface area (Å²) in [6.45, 7) is 2.28. The van der Waals surface area contributed by atoms with E-state index in [2.05, 4.69) is 10.6 Å². The molecule has 0 saturated heterocycles. The topological polar surface area (TPSA) is 70.4 Å². The molecule has 0 unspecified atom stereocenters. The molecular weight excluding hydrogens is 248 g/mol. The smallest absolute Gasteiger partial charge is 0.238 e. The number of benzene rings is 1. The number of thiocarbonyl (C=S) groups is 1. The summed E-state index contributed by atoms with van der Waals surface area (Å²) in [5.74, 6) is -0.0647. The first-order valence-electron chi connectivity index (χ1n) is 5.50. The summed E-state index contributed by atoms with van der Waals surface area (Å²) in [5, 5.41) is 5.89. The van der Waals surface area contributed by atoms with E-state index in [0.717, 1.165) is 11.3 Å². The van der Waals surface area contributed by atoms with Crippen LogP contribution in [0.2, 0.25) is 0 Å². The first-order chi connectivity index (χ1) is 8.38. The van der Waals surface area contributed by atoms with Gasteiger partial charge in [-0.2, -0.15) is 0 Å². The molecule has 0 aliphatic rings. The minimum absolute atomic E-state index is 0.0647. The standard InChI is InChI=1S/C12H18N4OS/c1-8-4-5-9(6-10(8)15-12(13)18)14-11(17)7-16(2)3/h4-6H,7H2,1-3H3,(H,14,17)(H3,13,15,18). The van der Waals surface area contributed by atoms with Crippen LogP contribution >= 0.6 is 12.2 Å². The van der Waals surface area contributed by atoms with Crippen molar-refractivity contribution in [1.29, 1.82) is 0 Å². The Hall–Kier alpha value is -1.66. The third-order valence-corrected chi connectivity index (χ3v) is 2.34. The highest BCUT2D eigenvalue weighted by Gasteiger charge is 2.06. The second-order valence-corrected chi connectivity index (χ2v) is 4.74. The molecule has 4 N–H and O–H groups in total. The second-order valence-electron chi connectivity index (χ2n) is 4.30. The van der Waals surface area contributed by atoms with E-state index in [1.807, 2.05) is 39.2 Å². The monoisotopic (exact) mass is 266 g/mol. The maximum Gasteiger partial charge on any atom is 0.238 e. The lowest BCUT2D eigenvalue weighted by Crippen LogP contribution is -2.27. The number of amides is 1. The quantitative estimate of drug-likeness (QED) is 0.713. The zero-order valence-electron chi connectivity index (χ0n) is 10.8. The van der Waals surface area contributed by atoms with E-state index < -0.39 is 0 Å². The van der Waals surface area contributed by atoms with Crippen LogP contribution in [0.4, 0.5) is 11.4 Å². The van der Waals surface area contributed by atoms with Gasteiger partial charge in [0.1, 0.15) is 0 Å². The Morgan fingerprint density at radius 1 is 1.39 bits per heavy atom. The molecule has 0 heterocycles. The molecule has 1 amide bonds. The number of nitrogens with zero attached hydrogens (tertiary/aromatic N) is 1. The van der Waals surface area contributed by atoms with Crippen molar-refractivity contribution in [2.24, 2.45) is 5.73 Å². The first-order valence-corrected chi connectivity index (χ1v) is 5.91. The van der Waals surface area contributed by atoms with Gasteiger partial charge in [-0.25, -0.2) is 0 Å². The van der Waals surface area contributed by atoms with Crippen LogP contribution in [0.15, 0.2) is 18.2 Å². The van der Waals surface area contributed by atoms with Gasteiger partial charge in [-0.05, 0) is 50.9 Å². The van der Waals surface area contributed by atoms with E-state index in [1.54, 1.807) is 4.90 Å². The van der Waals surface area contributed by atoms with Crippen molar-refractivity contribution in [3.63, 3.8) is 0 Å². The van der Waals surface area contributed by atoms with Gasteiger partial charge in [0.15, 0.2) is 5.11 Å². The third kappa shape index (κ3) is 4.68. The fraction of sp³-hybridized carbons (Fsp3) is 0.333. The number of aryl methyl sites for hydroxylation is 1. The van der Waals surface area contributed by atoms with Crippen LogP contribution in [0.25, 0.3) is 0 Å². The van der Waals surface area contributed by atoms with E-state index >= 15 is 0 Å². The average Bonchev–Trinajstić information content (AvgIpc) is 2.21. The summed E-state index contributed by atoms with van der Waals surface area (Å²) in [4.78, 5) is 13.4. The molecule has 0 fully saturated rings. The van der Waals surface area contributed by atoms with Gasteiger partial charge in [0.05, 0.1) is 6.54 Å². The Morgan fingerprint density at radius 3 is 2.61 bits per heavy atom. The lowest BCUT2D eigenvalue weighted by molar-refractivity contribution is -0.116. The summed E-state index contributed by atoms with van der Waals surface area (Å²) >= 11 is 4.80. The molecule has 0 atom stereocenters. The highest BCUT2D eigenvalue weighted by Crippen LogP contribution is 2.20. The van der Waals surface area contributed by atoms with Gasteiger partial charge in [0.2, 0.25) is 5.91 Å². The van der Waals surface area contributed by atoms with Crippen LogP contribution in [0.3, 0.4) is 0 Å². The number of anilines is 2. The van der Waals surface area contributed by atoms with E-state index in [-0.39, 0.29) is 11.0 Å². The molecule has 0 aliphatic heterocycles. The van der Waals surface area contributed by atoms with Crippen molar-refractivity contribution in [3.05, 3.63) is 23.8 Å². The van der Waals surface area contributed by atoms with Gasteiger partial charge in [0, 0.05) is 11.4 Å². The number of nitrogens with two attached hydrogens (primary N) is 1. The number of hydrogen-bond acceptors (Lipinski definition) is 3. The molecule has 98 valence electrons. The predicted octanol–water partition coefficient (Wildman–Crippen LogP) is 1.15. The molecule has 6 heteroatoms. The molecule has 0 bridgehead atoms. The van der Waals surface area contributed by atoms with Crippen molar-refractivity contribution < 1.29 is 4.79 Å². The molecular formula is C12H18N4OS. The van der Waals surface area contributed by atoms with Gasteiger partial charge in [0.25, 0.3) is 0 Å². The second kappa shape index (κ2) is 6.32. The van der Waals surface area contributed by atoms with Crippen molar-refractivity contribution in [2.75, 3.05) is 31.3 Å². The van der Waals surface area contributed by atoms with Crippen LogP contribution in [0.5, 0.6) is 0 Å². The molecule has 1 aromatic rings. The molecule has 0 radical (unpaired) electrons. The molecule has 0 spiro atoms. The predicted molar refractivity (Wildman–Crippen MR) is 78.8 cm³/mol. The Kier molecular flexibility index (Phi) is 5.06. The van der Waals surface area contributed by atoms with Crippen LogP contribution < -0.4 is 16.4 Å². The van der Waals surface area contributed by atoms with E-state index in [4.69, 9.17) is 18.0 Å². The lowest BCUT2D eigenvalue weighted by atomic mass is 10.2. The maximum atomic E-state index is 11.6. The Morgan fingerprint density at radius 2 is 2.06 bits per heavy atom. The van der Waals surface area contributed by atoms with Crippen LogP contribution in [0.1, 0.15) is 5.56 Å². The molecule has 0 saturated carbocycles. The number of nitrogens with one attached hydrogen (secondary N) is 2. The minimum atomic E-state index is -0.0647. The zero-order valence-corrected chi connectivity index (χ0v) is 11.6. The number of hydrogen-bond donors (Lipinski definition) is 3. The fourth-order valence-corrected chi connectivity index (χ4v) is 1.56. The summed E-state index contributed by atoms with van der Waals surface area (Å²) in [7, 11) is 3.68. The summed E-state index contributed by atoms with van der Waals surface area (Å²) < 4.78 is 0. The van der Waals surface area contributed by atoms with Crippen LogP contribution in [-0.2, 0) is 4.79 Å². The van der Waals surface area contributed by atoms with Gasteiger partial charge in [-0.3, -0.25) is 4.79 Å². The lowest BCUT2D eigenvalue weighted by Gasteiger charge is -2.13. The first kappa shape index (κ1) is 14.4. The van der Waals surface area contributed by atoms with E-state index in [9.17, 15) is 4.79 Å². The number of likely N-dealkylation sites (N-methyl/N-ethyl adjacent to an activating group) is 1. The van der Waals surface area contributed by atoms with E-state index in [0.29, 0.717) is 12.2 Å². The molecule has 1 rings (SSSR count). The highest BCUT2D eigenvalue weighted by atomic mass is 32.1. The van der Waals surface area contributed by atoms with Crippen LogP contribution in [0, 0.1) is 6.92 Å². The van der Waals surface area contributed by atoms with Gasteiger partial charge in [-0.1, -0.05) is 6.07 Å². The van der Waals surface area contributed by atoms with Crippen molar-refractivity contribution in [1.82, 2.24) is 4.90 Å². The number of rotatable bonds is 4. The van der Waals surface area contributed by atoms with Crippen molar-refractivity contribution in [3.8, 4) is 0 Å². The fourth-order valence-electron chi connectivity index (χ4n) is 1.45. The van der Waals surface area contributed by atoms with Crippen LogP contribution in [-0.4, -0.2) is 36.6 Å². The molecule has 5 nitrogen and oxygen atoms in total. The molecule has 0 aromatic heterocycles. The number of carbonyl (C=O) groups is 1. The highest BCUT2D eigenvalue weighted by molar-refractivity contribution is 7.80. The summed E-state index contributed by atoms with van der Waals surface area (Å²) in [6, 6.07) is 5.54. The Balaban J connectivity index is 2.78. The van der Waals surface area contributed by atoms with E-state index in [1.165, 1.54) is 0 Å². The number of carbonyl (C=O) groups excluding carboxylic acids is 1. The Bertz CT molecular complexity index is 459. The zero-order chi connectivity index (χ0) is 13.7. The maximum absolute atomic E-state index is 11.6. The van der Waals surface area contributed by atoms with Gasteiger partial charge in [-0.15, -0.1) is 0 Å². The molecule has 0 aliphatic carbocycles. The van der Waals surface area contributed by atoms with Crippen molar-refractivity contribution >= 4 is 34.6 Å². The van der Waals surface area contributed by atoms with Gasteiger partial charge >= 0.3 is 0 Å². The molecule has 18 heavy (non-hydrogen) atoms. The SMILES string of the molecule is Cc1ccc(NC(=O)CN(C)C)cc1NC(N)=S. The Labute approximate surface area is 112 Å².